The predicted molar refractivity (Wildman–Crippen MR) is 297 cm³/mol. The lowest BCUT2D eigenvalue weighted by molar-refractivity contribution is 0.443. The van der Waals surface area contributed by atoms with Crippen molar-refractivity contribution in [2.24, 2.45) is 5.92 Å². The van der Waals surface area contributed by atoms with Gasteiger partial charge in [-0.15, -0.1) is 0 Å². The van der Waals surface area contributed by atoms with Crippen LogP contribution in [0.2, 0.25) is 0 Å². The van der Waals surface area contributed by atoms with E-state index in [9.17, 15) is 0 Å². The maximum atomic E-state index is 2.57. The van der Waals surface area contributed by atoms with Crippen LogP contribution < -0.4 is 9.80 Å². The van der Waals surface area contributed by atoms with Crippen LogP contribution in [0.25, 0.3) is 21.5 Å². The van der Waals surface area contributed by atoms with Gasteiger partial charge in [-0.05, 0) is 155 Å². The van der Waals surface area contributed by atoms with Gasteiger partial charge in [0.2, 0.25) is 0 Å². The molecule has 1 unspecified atom stereocenters. The third-order valence-corrected chi connectivity index (χ3v) is 14.6. The minimum absolute atomic E-state index is 0.0587. The molecule has 352 valence electrons. The quantitative estimate of drug-likeness (QED) is 0.0576. The van der Waals surface area contributed by atoms with E-state index in [1.165, 1.54) is 128 Å². The fourth-order valence-corrected chi connectivity index (χ4v) is 10.4. The summed E-state index contributed by atoms with van der Waals surface area (Å²) in [5.74, 6) is 2.05. The van der Waals surface area contributed by atoms with Crippen molar-refractivity contribution >= 4 is 50.0 Å². The maximum absolute atomic E-state index is 2.57. The SMILES string of the molecule is C\C=C/C(=C\C=C\N(c1ccc(C2CCCCC2)cc1)c1c2cc(C(C)(C)C)ccc2c(N(c2ccc(C(C)C)cc2)c2ccc(C(CC)CCC)cc2)c2cc(C(C)(C)C)ccc12)C(C)C. The molecule has 0 aromatic heterocycles. The average Bonchev–Trinajstić information content (AvgIpc) is 3.31. The lowest BCUT2D eigenvalue weighted by Crippen LogP contribution is -2.17. The minimum Gasteiger partial charge on any atom is -0.316 e. The Bertz CT molecular complexity index is 2670. The van der Waals surface area contributed by atoms with Crippen molar-refractivity contribution in [1.82, 2.24) is 0 Å². The fourth-order valence-electron chi connectivity index (χ4n) is 10.4. The van der Waals surface area contributed by atoms with Gasteiger partial charge in [0.15, 0.2) is 0 Å². The van der Waals surface area contributed by atoms with E-state index in [1.54, 1.807) is 0 Å². The topological polar surface area (TPSA) is 6.48 Å². The van der Waals surface area contributed by atoms with Crippen molar-refractivity contribution < 1.29 is 0 Å². The van der Waals surface area contributed by atoms with Crippen molar-refractivity contribution in [2.75, 3.05) is 9.80 Å². The Hall–Kier alpha value is -5.34. The zero-order valence-electron chi connectivity index (χ0n) is 43.6. The molecule has 0 aliphatic heterocycles. The predicted octanol–water partition coefficient (Wildman–Crippen LogP) is 20.3. The van der Waals surface area contributed by atoms with Gasteiger partial charge in [-0.25, -0.2) is 0 Å². The molecule has 0 bridgehead atoms. The van der Waals surface area contributed by atoms with Crippen molar-refractivity contribution in [2.45, 2.75) is 170 Å². The molecule has 6 aromatic carbocycles. The molecule has 67 heavy (non-hydrogen) atoms. The van der Waals surface area contributed by atoms with Gasteiger partial charge in [0.05, 0.1) is 11.4 Å². The molecule has 0 spiro atoms. The van der Waals surface area contributed by atoms with E-state index < -0.39 is 0 Å². The Balaban J connectivity index is 1.61. The standard InChI is InChI=1S/C65H82N2/c1-14-21-47(16-3)51-30-38-57(39-31-51)67(56-36-26-49(27-37-56)46(6)7)63-59-41-33-53(64(8,9)10)43-60(59)62(58-40-32-54(44-61(58)63)65(11,12)13)66(42-20-25-48(22-15-2)45(4)5)55-34-28-52(29-35-55)50-23-18-17-19-24-50/h15,20,22,25-47,50H,14,16-19,21,23-24H2,1-13H3/b22-15-,42-20+,48-25+. The highest BCUT2D eigenvalue weighted by atomic mass is 15.2. The van der Waals surface area contributed by atoms with Crippen molar-refractivity contribution in [3.63, 3.8) is 0 Å². The molecule has 1 aliphatic carbocycles. The molecule has 0 radical (unpaired) electrons. The summed E-state index contributed by atoms with van der Waals surface area (Å²) in [6, 6.07) is 43.3. The smallest absolute Gasteiger partial charge is 0.0620 e. The van der Waals surface area contributed by atoms with Gasteiger partial charge in [-0.1, -0.05) is 188 Å². The third kappa shape index (κ3) is 11.2. The number of anilines is 5. The van der Waals surface area contributed by atoms with E-state index >= 15 is 0 Å². The van der Waals surface area contributed by atoms with Gasteiger partial charge in [0.25, 0.3) is 0 Å². The van der Waals surface area contributed by atoms with Gasteiger partial charge in [0.1, 0.15) is 0 Å². The average molecular weight is 891 g/mol. The van der Waals surface area contributed by atoms with Crippen molar-refractivity contribution in [3.8, 4) is 0 Å². The first-order chi connectivity index (χ1) is 32.0. The van der Waals surface area contributed by atoms with Gasteiger partial charge < -0.3 is 9.80 Å². The maximum Gasteiger partial charge on any atom is 0.0620 e. The zero-order valence-corrected chi connectivity index (χ0v) is 43.6. The molecule has 0 saturated heterocycles. The van der Waals surface area contributed by atoms with Crippen LogP contribution in [0.15, 0.2) is 145 Å². The van der Waals surface area contributed by atoms with Crippen LogP contribution in [0.3, 0.4) is 0 Å². The number of allylic oxidation sites excluding steroid dienone is 5. The Labute approximate surface area is 406 Å². The minimum atomic E-state index is -0.0596. The van der Waals surface area contributed by atoms with Crippen LogP contribution in [0.4, 0.5) is 28.4 Å². The fraction of sp³-hybridized carbons (Fsp3) is 0.415. The highest BCUT2D eigenvalue weighted by molar-refractivity contribution is 6.23. The van der Waals surface area contributed by atoms with Crippen LogP contribution in [-0.2, 0) is 10.8 Å². The lowest BCUT2D eigenvalue weighted by atomic mass is 9.82. The Morgan fingerprint density at radius 2 is 1.13 bits per heavy atom. The largest absolute Gasteiger partial charge is 0.316 e. The highest BCUT2D eigenvalue weighted by Gasteiger charge is 2.28. The molecule has 0 N–H and O–H groups in total. The van der Waals surface area contributed by atoms with E-state index in [0.29, 0.717) is 23.7 Å². The molecule has 1 saturated carbocycles. The van der Waals surface area contributed by atoms with Crippen LogP contribution in [0.1, 0.15) is 187 Å². The van der Waals surface area contributed by atoms with Gasteiger partial charge in [-0.3, -0.25) is 0 Å². The Kier molecular flexibility index (Phi) is 15.8. The van der Waals surface area contributed by atoms with Gasteiger partial charge in [-0.2, -0.15) is 0 Å². The Morgan fingerprint density at radius 1 is 0.612 bits per heavy atom. The number of nitrogens with zero attached hydrogens (tertiary/aromatic N) is 2. The second-order valence-electron chi connectivity index (χ2n) is 22.2. The Morgan fingerprint density at radius 3 is 1.63 bits per heavy atom. The van der Waals surface area contributed by atoms with E-state index in [4.69, 9.17) is 0 Å². The van der Waals surface area contributed by atoms with Crippen LogP contribution >= 0.6 is 0 Å². The number of fused-ring (bicyclic) bond motifs is 2. The summed E-state index contributed by atoms with van der Waals surface area (Å²) in [7, 11) is 0. The second-order valence-corrected chi connectivity index (χ2v) is 22.2. The van der Waals surface area contributed by atoms with Crippen LogP contribution in [0.5, 0.6) is 0 Å². The molecule has 1 fully saturated rings. The first-order valence-corrected chi connectivity index (χ1v) is 26.0. The first-order valence-electron chi connectivity index (χ1n) is 26.0. The van der Waals surface area contributed by atoms with Crippen molar-refractivity contribution in [1.29, 1.82) is 0 Å². The third-order valence-electron chi connectivity index (χ3n) is 14.6. The van der Waals surface area contributed by atoms with Crippen LogP contribution in [-0.4, -0.2) is 0 Å². The molecular formula is C65H82N2. The van der Waals surface area contributed by atoms with E-state index in [1.807, 2.05) is 0 Å². The molecule has 1 atom stereocenters. The summed E-state index contributed by atoms with van der Waals surface area (Å²) in [4.78, 5) is 5.07. The van der Waals surface area contributed by atoms with E-state index in [0.717, 1.165) is 6.42 Å². The highest BCUT2D eigenvalue weighted by Crippen LogP contribution is 2.51. The molecule has 0 amide bonds. The summed E-state index contributed by atoms with van der Waals surface area (Å²) in [5.41, 5.74) is 14.0. The van der Waals surface area contributed by atoms with E-state index in [-0.39, 0.29) is 10.8 Å². The molecule has 6 aromatic rings. The van der Waals surface area contributed by atoms with Gasteiger partial charge >= 0.3 is 0 Å². The monoisotopic (exact) mass is 891 g/mol. The first kappa shape index (κ1) is 49.6. The molecule has 0 heterocycles. The molecule has 2 nitrogen and oxygen atoms in total. The second kappa shape index (κ2) is 21.3. The van der Waals surface area contributed by atoms with Crippen molar-refractivity contribution in [3.05, 3.63) is 173 Å². The summed E-state index contributed by atoms with van der Waals surface area (Å²) in [6.07, 6.45) is 21.5. The molecular weight excluding hydrogens is 809 g/mol. The number of benzene rings is 6. The van der Waals surface area contributed by atoms with Gasteiger partial charge in [0, 0.05) is 44.8 Å². The normalized spacial score (nSPS) is 14.9. The zero-order chi connectivity index (χ0) is 48.0. The molecule has 2 heteroatoms. The summed E-state index contributed by atoms with van der Waals surface area (Å²) < 4.78 is 0. The summed E-state index contributed by atoms with van der Waals surface area (Å²) >= 11 is 0. The summed E-state index contributed by atoms with van der Waals surface area (Å²) in [5, 5.41) is 4.96. The van der Waals surface area contributed by atoms with Crippen LogP contribution in [0, 0.1) is 5.92 Å². The number of hydrogen-bond donors (Lipinski definition) is 0. The number of hydrogen-bond acceptors (Lipinski definition) is 2. The molecule has 7 rings (SSSR count). The number of rotatable bonds is 15. The molecule has 1 aliphatic rings. The lowest BCUT2D eigenvalue weighted by Gasteiger charge is -2.33. The summed E-state index contributed by atoms with van der Waals surface area (Å²) in [6.45, 7) is 30.0. The van der Waals surface area contributed by atoms with E-state index in [2.05, 4.69) is 240 Å².